The third kappa shape index (κ3) is 2.60. The molecular weight excluding hydrogens is 264 g/mol. The molecule has 1 amide bonds. The van der Waals surface area contributed by atoms with Gasteiger partial charge in [0.2, 0.25) is 0 Å². The van der Waals surface area contributed by atoms with Crippen molar-refractivity contribution in [1.29, 1.82) is 5.26 Å². The number of anilines is 1. The molecule has 1 heterocycles. The highest BCUT2D eigenvalue weighted by Gasteiger charge is 2.08. The van der Waals surface area contributed by atoms with Crippen LogP contribution in [0.25, 0.3) is 10.9 Å². The Morgan fingerprint density at radius 2 is 2.14 bits per heavy atom. The smallest absolute Gasteiger partial charge is 0.255 e. The number of rotatable bonds is 2. The summed E-state index contributed by atoms with van der Waals surface area (Å²) in [5, 5.41) is 16.9. The van der Waals surface area contributed by atoms with Gasteiger partial charge in [-0.05, 0) is 30.3 Å². The first kappa shape index (κ1) is 12.9. The predicted molar refractivity (Wildman–Crippen MR) is 79.8 cm³/mol. The Kier molecular flexibility index (Phi) is 3.13. The first-order chi connectivity index (χ1) is 10.2. The van der Waals surface area contributed by atoms with Crippen LogP contribution in [-0.2, 0) is 7.05 Å². The lowest BCUT2D eigenvalue weighted by Crippen LogP contribution is -2.11. The van der Waals surface area contributed by atoms with Gasteiger partial charge in [-0.15, -0.1) is 0 Å². The molecule has 5 nitrogen and oxygen atoms in total. The van der Waals surface area contributed by atoms with Gasteiger partial charge in [-0.2, -0.15) is 10.4 Å². The second-order valence-corrected chi connectivity index (χ2v) is 4.72. The van der Waals surface area contributed by atoms with Crippen molar-refractivity contribution < 1.29 is 4.79 Å². The van der Waals surface area contributed by atoms with Gasteiger partial charge in [0.1, 0.15) is 0 Å². The Labute approximate surface area is 121 Å². The number of fused-ring (bicyclic) bond motifs is 1. The Morgan fingerprint density at radius 1 is 1.29 bits per heavy atom. The van der Waals surface area contributed by atoms with Crippen molar-refractivity contribution >= 4 is 22.5 Å². The average Bonchev–Trinajstić information content (AvgIpc) is 2.86. The van der Waals surface area contributed by atoms with E-state index in [0.717, 1.165) is 10.9 Å². The third-order valence-corrected chi connectivity index (χ3v) is 3.13. The van der Waals surface area contributed by atoms with Crippen LogP contribution in [0.1, 0.15) is 15.9 Å². The number of hydrogen-bond acceptors (Lipinski definition) is 3. The molecule has 0 bridgehead atoms. The summed E-state index contributed by atoms with van der Waals surface area (Å²) in [7, 11) is 1.84. The van der Waals surface area contributed by atoms with Crippen LogP contribution in [0.2, 0.25) is 0 Å². The SMILES string of the molecule is Cn1cc2ccc(C(=O)Nc3cccc(C#N)c3)cc2n1. The predicted octanol–water partition coefficient (Wildman–Crippen LogP) is 2.70. The molecule has 0 spiro atoms. The fourth-order valence-corrected chi connectivity index (χ4v) is 2.15. The minimum atomic E-state index is -0.224. The second kappa shape index (κ2) is 5.10. The molecule has 5 heteroatoms. The molecule has 0 aliphatic heterocycles. The minimum Gasteiger partial charge on any atom is -0.322 e. The van der Waals surface area contributed by atoms with E-state index in [-0.39, 0.29) is 5.91 Å². The monoisotopic (exact) mass is 276 g/mol. The maximum Gasteiger partial charge on any atom is 0.255 e. The van der Waals surface area contributed by atoms with Gasteiger partial charge in [0.15, 0.2) is 0 Å². The van der Waals surface area contributed by atoms with Crippen LogP contribution in [0.4, 0.5) is 5.69 Å². The molecule has 3 aromatic rings. The number of benzene rings is 2. The van der Waals surface area contributed by atoms with Gasteiger partial charge < -0.3 is 5.32 Å². The summed E-state index contributed by atoms with van der Waals surface area (Å²) >= 11 is 0. The summed E-state index contributed by atoms with van der Waals surface area (Å²) in [5.74, 6) is -0.224. The van der Waals surface area contributed by atoms with E-state index in [1.807, 2.05) is 25.4 Å². The fourth-order valence-electron chi connectivity index (χ4n) is 2.15. The van der Waals surface area contributed by atoms with Gasteiger partial charge in [-0.1, -0.05) is 12.1 Å². The number of aryl methyl sites for hydroxylation is 1. The Balaban J connectivity index is 1.87. The number of carbonyl (C=O) groups excluding carboxylic acids is 1. The molecule has 0 saturated carbocycles. The van der Waals surface area contributed by atoms with Crippen molar-refractivity contribution in [2.24, 2.45) is 7.05 Å². The molecule has 2 aromatic carbocycles. The third-order valence-electron chi connectivity index (χ3n) is 3.13. The molecule has 3 rings (SSSR count). The highest BCUT2D eigenvalue weighted by molar-refractivity contribution is 6.06. The van der Waals surface area contributed by atoms with Gasteiger partial charge >= 0.3 is 0 Å². The molecule has 1 aromatic heterocycles. The summed E-state index contributed by atoms with van der Waals surface area (Å²) in [5.41, 5.74) is 2.41. The van der Waals surface area contributed by atoms with Crippen LogP contribution in [0.5, 0.6) is 0 Å². The number of amides is 1. The van der Waals surface area contributed by atoms with Gasteiger partial charge in [0.25, 0.3) is 5.91 Å². The molecule has 0 unspecified atom stereocenters. The van der Waals surface area contributed by atoms with Gasteiger partial charge in [-0.25, -0.2) is 0 Å². The number of nitrogens with zero attached hydrogens (tertiary/aromatic N) is 3. The zero-order valence-electron chi connectivity index (χ0n) is 11.4. The number of aromatic nitrogens is 2. The van der Waals surface area contributed by atoms with E-state index in [1.54, 1.807) is 41.1 Å². The van der Waals surface area contributed by atoms with E-state index in [9.17, 15) is 4.79 Å². The van der Waals surface area contributed by atoms with Crippen LogP contribution in [0.15, 0.2) is 48.7 Å². The van der Waals surface area contributed by atoms with E-state index in [2.05, 4.69) is 10.4 Å². The zero-order valence-corrected chi connectivity index (χ0v) is 11.4. The number of nitrogens with one attached hydrogen (secondary N) is 1. The topological polar surface area (TPSA) is 70.7 Å². The summed E-state index contributed by atoms with van der Waals surface area (Å²) in [6, 6.07) is 14.2. The summed E-state index contributed by atoms with van der Waals surface area (Å²) < 4.78 is 1.71. The van der Waals surface area contributed by atoms with E-state index < -0.39 is 0 Å². The second-order valence-electron chi connectivity index (χ2n) is 4.72. The molecule has 0 atom stereocenters. The molecule has 21 heavy (non-hydrogen) atoms. The quantitative estimate of drug-likeness (QED) is 0.782. The molecule has 0 radical (unpaired) electrons. The van der Waals surface area contributed by atoms with Crippen LogP contribution in [0.3, 0.4) is 0 Å². The van der Waals surface area contributed by atoms with Crippen molar-refractivity contribution in [2.75, 3.05) is 5.32 Å². The Bertz CT molecular complexity index is 873. The first-order valence-electron chi connectivity index (χ1n) is 6.40. The highest BCUT2D eigenvalue weighted by atomic mass is 16.1. The average molecular weight is 276 g/mol. The van der Waals surface area contributed by atoms with Crippen molar-refractivity contribution in [2.45, 2.75) is 0 Å². The zero-order chi connectivity index (χ0) is 14.8. The lowest BCUT2D eigenvalue weighted by molar-refractivity contribution is 0.102. The van der Waals surface area contributed by atoms with Crippen LogP contribution in [-0.4, -0.2) is 15.7 Å². The van der Waals surface area contributed by atoms with Crippen molar-refractivity contribution in [3.05, 3.63) is 59.8 Å². The summed E-state index contributed by atoms with van der Waals surface area (Å²) in [4.78, 5) is 12.2. The molecule has 0 saturated heterocycles. The van der Waals surface area contributed by atoms with E-state index in [0.29, 0.717) is 16.8 Å². The molecule has 1 N–H and O–H groups in total. The number of carbonyl (C=O) groups is 1. The van der Waals surface area contributed by atoms with E-state index in [1.165, 1.54) is 0 Å². The Morgan fingerprint density at radius 3 is 2.95 bits per heavy atom. The molecule has 0 aliphatic rings. The maximum atomic E-state index is 12.2. The van der Waals surface area contributed by atoms with Crippen LogP contribution < -0.4 is 5.32 Å². The van der Waals surface area contributed by atoms with E-state index >= 15 is 0 Å². The number of hydrogen-bond donors (Lipinski definition) is 1. The Hall–Kier alpha value is -3.13. The van der Waals surface area contributed by atoms with Crippen molar-refractivity contribution in [1.82, 2.24) is 9.78 Å². The van der Waals surface area contributed by atoms with Crippen molar-refractivity contribution in [3.63, 3.8) is 0 Å². The minimum absolute atomic E-state index is 0.224. The lowest BCUT2D eigenvalue weighted by atomic mass is 10.1. The molecule has 0 fully saturated rings. The largest absolute Gasteiger partial charge is 0.322 e. The van der Waals surface area contributed by atoms with Gasteiger partial charge in [0, 0.05) is 29.9 Å². The highest BCUT2D eigenvalue weighted by Crippen LogP contribution is 2.16. The molecular formula is C16H12N4O. The number of nitriles is 1. The summed E-state index contributed by atoms with van der Waals surface area (Å²) in [6.07, 6.45) is 1.90. The maximum absolute atomic E-state index is 12.2. The standard InChI is InChI=1S/C16H12N4O/c1-20-10-13-6-5-12(8-15(13)19-20)16(21)18-14-4-2-3-11(7-14)9-17/h2-8,10H,1H3,(H,18,21). The van der Waals surface area contributed by atoms with Crippen LogP contribution >= 0.6 is 0 Å². The summed E-state index contributed by atoms with van der Waals surface area (Å²) in [6.45, 7) is 0. The van der Waals surface area contributed by atoms with Crippen LogP contribution in [0, 0.1) is 11.3 Å². The normalized spacial score (nSPS) is 10.3. The fraction of sp³-hybridized carbons (Fsp3) is 0.0625. The molecule has 0 aliphatic carbocycles. The van der Waals surface area contributed by atoms with E-state index in [4.69, 9.17) is 5.26 Å². The molecule has 102 valence electrons. The first-order valence-corrected chi connectivity index (χ1v) is 6.40. The lowest BCUT2D eigenvalue weighted by Gasteiger charge is -2.05. The van der Waals surface area contributed by atoms with Gasteiger partial charge in [0.05, 0.1) is 17.1 Å². The van der Waals surface area contributed by atoms with Crippen molar-refractivity contribution in [3.8, 4) is 6.07 Å². The van der Waals surface area contributed by atoms with Gasteiger partial charge in [-0.3, -0.25) is 9.48 Å².